The van der Waals surface area contributed by atoms with Gasteiger partial charge >= 0.3 is 0 Å². The van der Waals surface area contributed by atoms with Gasteiger partial charge in [-0.2, -0.15) is 0 Å². The summed E-state index contributed by atoms with van der Waals surface area (Å²) in [6, 6.07) is 7.29. The lowest BCUT2D eigenvalue weighted by molar-refractivity contribution is 0.208. The third kappa shape index (κ3) is 3.49. The molecule has 0 aromatic heterocycles. The highest BCUT2D eigenvalue weighted by Crippen LogP contribution is 2.23. The Bertz CT molecular complexity index is 372. The number of nitrogens with zero attached hydrogens (tertiary/aromatic N) is 1. The Morgan fingerprint density at radius 3 is 2.22 bits per heavy atom. The number of benzene rings is 1. The van der Waals surface area contributed by atoms with Crippen LogP contribution in [0.15, 0.2) is 18.2 Å². The highest BCUT2D eigenvalue weighted by molar-refractivity contribution is 5.49. The van der Waals surface area contributed by atoms with E-state index < -0.39 is 0 Å². The normalized spacial score (nSPS) is 19.8. The molecule has 0 amide bonds. The Kier molecular flexibility index (Phi) is 4.28. The minimum absolute atomic E-state index is 0.569. The van der Waals surface area contributed by atoms with Crippen molar-refractivity contribution < 1.29 is 0 Å². The van der Waals surface area contributed by atoms with Gasteiger partial charge in [0.15, 0.2) is 0 Å². The second-order valence-electron chi connectivity index (χ2n) is 5.95. The molecule has 100 valence electrons. The minimum Gasteiger partial charge on any atom is -0.382 e. The third-order valence-electron chi connectivity index (χ3n) is 4.09. The van der Waals surface area contributed by atoms with Crippen molar-refractivity contribution in [2.24, 2.45) is 5.92 Å². The van der Waals surface area contributed by atoms with Gasteiger partial charge in [-0.15, -0.1) is 0 Å². The zero-order valence-corrected chi connectivity index (χ0v) is 12.2. The van der Waals surface area contributed by atoms with Crippen LogP contribution in [-0.2, 0) is 0 Å². The van der Waals surface area contributed by atoms with Crippen LogP contribution in [0.3, 0.4) is 0 Å². The van der Waals surface area contributed by atoms with Crippen LogP contribution in [0.1, 0.15) is 30.9 Å². The molecule has 1 unspecified atom stereocenters. The third-order valence-corrected chi connectivity index (χ3v) is 4.09. The Morgan fingerprint density at radius 2 is 1.67 bits per heavy atom. The quantitative estimate of drug-likeness (QED) is 0.879. The van der Waals surface area contributed by atoms with E-state index in [2.05, 4.69) is 56.2 Å². The van der Waals surface area contributed by atoms with Gasteiger partial charge in [0, 0.05) is 11.7 Å². The van der Waals surface area contributed by atoms with Gasteiger partial charge in [-0.1, -0.05) is 6.07 Å². The average Bonchev–Trinajstić information content (AvgIpc) is 2.28. The predicted octanol–water partition coefficient (Wildman–Crippen LogP) is 3.45. The van der Waals surface area contributed by atoms with Gasteiger partial charge in [-0.25, -0.2) is 0 Å². The fraction of sp³-hybridized carbons (Fsp3) is 0.625. The van der Waals surface area contributed by atoms with Gasteiger partial charge in [0.2, 0.25) is 0 Å². The number of nitrogens with one attached hydrogen (secondary N) is 1. The SMILES string of the molecule is Cc1cc(C)cc(NC(C)C2CCN(C)CC2)c1. The Labute approximate surface area is 111 Å². The summed E-state index contributed by atoms with van der Waals surface area (Å²) in [5.74, 6) is 0.807. The Balaban J connectivity index is 1.96. The maximum atomic E-state index is 3.69. The monoisotopic (exact) mass is 246 g/mol. The maximum absolute atomic E-state index is 3.69. The van der Waals surface area contributed by atoms with Gasteiger partial charge in [-0.05, 0) is 82.9 Å². The Morgan fingerprint density at radius 1 is 1.11 bits per heavy atom. The molecule has 2 rings (SSSR count). The van der Waals surface area contributed by atoms with Crippen LogP contribution in [0.5, 0.6) is 0 Å². The molecule has 0 saturated carbocycles. The number of likely N-dealkylation sites (tertiary alicyclic amines) is 1. The van der Waals surface area contributed by atoms with Gasteiger partial charge < -0.3 is 10.2 Å². The van der Waals surface area contributed by atoms with E-state index in [1.54, 1.807) is 0 Å². The van der Waals surface area contributed by atoms with E-state index in [9.17, 15) is 0 Å². The number of aryl methyl sites for hydroxylation is 2. The number of piperidine rings is 1. The number of hydrogen-bond donors (Lipinski definition) is 1. The molecule has 0 spiro atoms. The van der Waals surface area contributed by atoms with Gasteiger partial charge in [0.1, 0.15) is 0 Å². The van der Waals surface area contributed by atoms with Crippen molar-refractivity contribution in [3.05, 3.63) is 29.3 Å². The predicted molar refractivity (Wildman–Crippen MR) is 79.2 cm³/mol. The summed E-state index contributed by atoms with van der Waals surface area (Å²) in [6.07, 6.45) is 2.63. The van der Waals surface area contributed by atoms with E-state index in [1.165, 1.54) is 42.7 Å². The van der Waals surface area contributed by atoms with Crippen molar-refractivity contribution in [3.8, 4) is 0 Å². The van der Waals surface area contributed by atoms with Crippen LogP contribution in [-0.4, -0.2) is 31.1 Å². The largest absolute Gasteiger partial charge is 0.382 e. The fourth-order valence-corrected chi connectivity index (χ4v) is 2.97. The Hall–Kier alpha value is -1.02. The molecule has 18 heavy (non-hydrogen) atoms. The first-order chi connectivity index (χ1) is 8.54. The molecule has 0 radical (unpaired) electrons. The molecule has 1 aromatic rings. The molecular formula is C16H26N2. The fourth-order valence-electron chi connectivity index (χ4n) is 2.97. The van der Waals surface area contributed by atoms with Crippen molar-refractivity contribution in [2.45, 2.75) is 39.7 Å². The second-order valence-corrected chi connectivity index (χ2v) is 5.95. The van der Waals surface area contributed by atoms with Crippen molar-refractivity contribution in [2.75, 3.05) is 25.5 Å². The lowest BCUT2D eigenvalue weighted by Crippen LogP contribution is -2.37. The molecule has 1 heterocycles. The molecule has 1 aromatic carbocycles. The second kappa shape index (κ2) is 5.75. The lowest BCUT2D eigenvalue weighted by atomic mass is 9.90. The van der Waals surface area contributed by atoms with Crippen LogP contribution in [0.25, 0.3) is 0 Å². The van der Waals surface area contributed by atoms with Crippen LogP contribution in [0.4, 0.5) is 5.69 Å². The van der Waals surface area contributed by atoms with Crippen LogP contribution in [0.2, 0.25) is 0 Å². The summed E-state index contributed by atoms with van der Waals surface area (Å²) in [7, 11) is 2.22. The summed E-state index contributed by atoms with van der Waals surface area (Å²) in [5.41, 5.74) is 3.96. The topological polar surface area (TPSA) is 15.3 Å². The van der Waals surface area contributed by atoms with E-state index in [1.807, 2.05) is 0 Å². The van der Waals surface area contributed by atoms with Gasteiger partial charge in [0.05, 0.1) is 0 Å². The summed E-state index contributed by atoms with van der Waals surface area (Å²) in [4.78, 5) is 2.43. The smallest absolute Gasteiger partial charge is 0.0347 e. The van der Waals surface area contributed by atoms with Crippen LogP contribution in [0, 0.1) is 19.8 Å². The molecule has 1 aliphatic heterocycles. The molecule has 1 N–H and O–H groups in total. The van der Waals surface area contributed by atoms with E-state index in [0.717, 1.165) is 5.92 Å². The number of hydrogen-bond acceptors (Lipinski definition) is 2. The highest BCUT2D eigenvalue weighted by atomic mass is 15.1. The van der Waals surface area contributed by atoms with Crippen LogP contribution < -0.4 is 5.32 Å². The van der Waals surface area contributed by atoms with Gasteiger partial charge in [0.25, 0.3) is 0 Å². The van der Waals surface area contributed by atoms with E-state index in [4.69, 9.17) is 0 Å². The molecule has 1 aliphatic rings. The summed E-state index contributed by atoms with van der Waals surface area (Å²) in [5, 5.41) is 3.69. The van der Waals surface area contributed by atoms with Crippen molar-refractivity contribution in [1.29, 1.82) is 0 Å². The summed E-state index contributed by atoms with van der Waals surface area (Å²) in [6.45, 7) is 9.14. The first-order valence-electron chi connectivity index (χ1n) is 7.08. The van der Waals surface area contributed by atoms with E-state index >= 15 is 0 Å². The first-order valence-corrected chi connectivity index (χ1v) is 7.08. The minimum atomic E-state index is 0.569. The lowest BCUT2D eigenvalue weighted by Gasteiger charge is -2.33. The number of rotatable bonds is 3. The molecule has 1 saturated heterocycles. The molecule has 2 heteroatoms. The molecule has 0 bridgehead atoms. The molecule has 2 nitrogen and oxygen atoms in total. The first kappa shape index (κ1) is 13.4. The highest BCUT2D eigenvalue weighted by Gasteiger charge is 2.22. The zero-order valence-electron chi connectivity index (χ0n) is 12.2. The molecule has 1 atom stereocenters. The maximum Gasteiger partial charge on any atom is 0.0347 e. The van der Waals surface area contributed by atoms with Gasteiger partial charge in [-0.3, -0.25) is 0 Å². The van der Waals surface area contributed by atoms with E-state index in [-0.39, 0.29) is 0 Å². The van der Waals surface area contributed by atoms with Crippen molar-refractivity contribution in [1.82, 2.24) is 4.90 Å². The molecule has 1 fully saturated rings. The molecule has 0 aliphatic carbocycles. The zero-order chi connectivity index (χ0) is 13.1. The van der Waals surface area contributed by atoms with Crippen LogP contribution >= 0.6 is 0 Å². The summed E-state index contributed by atoms with van der Waals surface area (Å²) < 4.78 is 0. The standard InChI is InChI=1S/C16H26N2/c1-12-9-13(2)11-16(10-12)17-14(3)15-5-7-18(4)8-6-15/h9-11,14-15,17H,5-8H2,1-4H3. The number of anilines is 1. The summed E-state index contributed by atoms with van der Waals surface area (Å²) >= 11 is 0. The molecular weight excluding hydrogens is 220 g/mol. The van der Waals surface area contributed by atoms with Crippen molar-refractivity contribution in [3.63, 3.8) is 0 Å². The average molecular weight is 246 g/mol. The van der Waals surface area contributed by atoms with Crippen molar-refractivity contribution >= 4 is 5.69 Å². The van der Waals surface area contributed by atoms with E-state index in [0.29, 0.717) is 6.04 Å².